The van der Waals surface area contributed by atoms with E-state index in [1.165, 1.54) is 83.5 Å². The number of ketones is 1. The smallest absolute Gasteiger partial charge is 0.135 e. The topological polar surface area (TPSA) is 17.1 Å². The molecule has 0 aromatic carbocycles. The maximum absolute atomic E-state index is 12.2. The molecule has 19 heavy (non-hydrogen) atoms. The quantitative estimate of drug-likeness (QED) is 0.512. The Kier molecular flexibility index (Phi) is 10.1. The van der Waals surface area contributed by atoms with Crippen molar-refractivity contribution in [2.24, 2.45) is 5.92 Å². The van der Waals surface area contributed by atoms with E-state index in [0.29, 0.717) is 11.7 Å². The van der Waals surface area contributed by atoms with Crippen molar-refractivity contribution in [3.63, 3.8) is 0 Å². The third kappa shape index (κ3) is 8.44. The fourth-order valence-electron chi connectivity index (χ4n) is 3.24. The van der Waals surface area contributed by atoms with E-state index in [4.69, 9.17) is 0 Å². The highest BCUT2D eigenvalue weighted by Crippen LogP contribution is 2.23. The highest BCUT2D eigenvalue weighted by Gasteiger charge is 2.17. The predicted molar refractivity (Wildman–Crippen MR) is 83.4 cm³/mol. The molecule has 0 heterocycles. The summed E-state index contributed by atoms with van der Waals surface area (Å²) in [6.07, 6.45) is 19.1. The summed E-state index contributed by atoms with van der Waals surface area (Å²) in [5, 5.41) is 0. The minimum absolute atomic E-state index is 0.407. The molecular weight excluding hydrogens is 232 g/mol. The second kappa shape index (κ2) is 11.5. The molecule has 1 rings (SSSR count). The summed E-state index contributed by atoms with van der Waals surface area (Å²) in [5.41, 5.74) is 0. The molecule has 0 aliphatic heterocycles. The molecule has 0 spiro atoms. The maximum Gasteiger partial charge on any atom is 0.135 e. The Morgan fingerprint density at radius 2 is 1.47 bits per heavy atom. The molecule has 1 fully saturated rings. The minimum Gasteiger partial charge on any atom is -0.299 e. The number of rotatable bonds is 7. The highest BCUT2D eigenvalue weighted by atomic mass is 16.1. The fraction of sp³-hybridized carbons (Fsp3) is 0.944. The van der Waals surface area contributed by atoms with Crippen LogP contribution < -0.4 is 0 Å². The summed E-state index contributed by atoms with van der Waals surface area (Å²) in [7, 11) is 0. The summed E-state index contributed by atoms with van der Waals surface area (Å²) in [5.74, 6) is 0.986. The molecule has 1 atom stereocenters. The first kappa shape index (κ1) is 16.7. The van der Waals surface area contributed by atoms with Gasteiger partial charge in [-0.25, -0.2) is 0 Å². The third-order valence-corrected chi connectivity index (χ3v) is 4.59. The molecule has 1 aliphatic carbocycles. The lowest BCUT2D eigenvalue weighted by molar-refractivity contribution is -0.123. The lowest BCUT2D eigenvalue weighted by Gasteiger charge is -2.17. The largest absolute Gasteiger partial charge is 0.299 e. The van der Waals surface area contributed by atoms with E-state index >= 15 is 0 Å². The molecule has 0 saturated heterocycles. The minimum atomic E-state index is 0.407. The summed E-state index contributed by atoms with van der Waals surface area (Å²) >= 11 is 0. The van der Waals surface area contributed by atoms with Gasteiger partial charge in [-0.05, 0) is 19.3 Å². The average molecular weight is 266 g/mol. The first-order valence-electron chi connectivity index (χ1n) is 8.87. The third-order valence-electron chi connectivity index (χ3n) is 4.59. The van der Waals surface area contributed by atoms with Crippen molar-refractivity contribution in [1.82, 2.24) is 0 Å². The Balaban J connectivity index is 2.17. The SMILES string of the molecule is CCCCCCCCC1CCCCCCCCC1=O. The van der Waals surface area contributed by atoms with E-state index in [1.807, 2.05) is 0 Å². The van der Waals surface area contributed by atoms with Crippen molar-refractivity contribution >= 4 is 5.78 Å². The van der Waals surface area contributed by atoms with Crippen LogP contribution in [0.5, 0.6) is 0 Å². The van der Waals surface area contributed by atoms with Crippen molar-refractivity contribution in [1.29, 1.82) is 0 Å². The fourth-order valence-corrected chi connectivity index (χ4v) is 3.24. The molecule has 1 unspecified atom stereocenters. The lowest BCUT2D eigenvalue weighted by atomic mass is 9.87. The van der Waals surface area contributed by atoms with Crippen molar-refractivity contribution in [3.05, 3.63) is 0 Å². The number of Topliss-reactive ketones (excluding diaryl/α,β-unsaturated/α-hetero) is 1. The van der Waals surface area contributed by atoms with E-state index < -0.39 is 0 Å². The molecule has 0 aromatic heterocycles. The molecule has 0 amide bonds. The van der Waals surface area contributed by atoms with Gasteiger partial charge in [0.05, 0.1) is 0 Å². The Morgan fingerprint density at radius 3 is 2.26 bits per heavy atom. The van der Waals surface area contributed by atoms with E-state index in [9.17, 15) is 4.79 Å². The summed E-state index contributed by atoms with van der Waals surface area (Å²) in [6, 6.07) is 0. The molecular formula is C18H34O. The van der Waals surface area contributed by atoms with Crippen LogP contribution in [0.4, 0.5) is 0 Å². The summed E-state index contributed by atoms with van der Waals surface area (Å²) in [6.45, 7) is 2.26. The summed E-state index contributed by atoms with van der Waals surface area (Å²) < 4.78 is 0. The first-order chi connectivity index (χ1) is 9.34. The van der Waals surface area contributed by atoms with Crippen molar-refractivity contribution in [2.75, 3.05) is 0 Å². The van der Waals surface area contributed by atoms with E-state index in [-0.39, 0.29) is 0 Å². The van der Waals surface area contributed by atoms with Crippen LogP contribution in [0.1, 0.15) is 103 Å². The molecule has 1 heteroatoms. The molecule has 1 aliphatic rings. The second-order valence-corrected chi connectivity index (χ2v) is 6.38. The van der Waals surface area contributed by atoms with Crippen molar-refractivity contribution < 1.29 is 4.79 Å². The van der Waals surface area contributed by atoms with Crippen LogP contribution in [0.15, 0.2) is 0 Å². The average Bonchev–Trinajstić information content (AvgIpc) is 2.43. The van der Waals surface area contributed by atoms with Gasteiger partial charge in [0.2, 0.25) is 0 Å². The Hall–Kier alpha value is -0.330. The standard InChI is InChI=1S/C18H34O/c1-2-3-4-5-8-11-14-17-15-12-9-6-7-10-13-16-18(17)19/h17H,2-16H2,1H3. The van der Waals surface area contributed by atoms with Gasteiger partial charge in [0.1, 0.15) is 5.78 Å². The maximum atomic E-state index is 12.2. The number of unbranched alkanes of at least 4 members (excludes halogenated alkanes) is 5. The number of carbonyl (C=O) groups excluding carboxylic acids is 1. The van der Waals surface area contributed by atoms with Crippen LogP contribution in [0, 0.1) is 5.92 Å². The molecule has 1 nitrogen and oxygen atoms in total. The van der Waals surface area contributed by atoms with Crippen molar-refractivity contribution in [3.8, 4) is 0 Å². The van der Waals surface area contributed by atoms with Gasteiger partial charge in [-0.1, -0.05) is 77.6 Å². The molecule has 0 bridgehead atoms. The Morgan fingerprint density at radius 1 is 0.842 bits per heavy atom. The predicted octanol–water partition coefficient (Wildman–Crippen LogP) is 6.06. The number of carbonyl (C=O) groups is 1. The van der Waals surface area contributed by atoms with E-state index in [1.54, 1.807) is 0 Å². The van der Waals surface area contributed by atoms with Crippen LogP contribution in [-0.4, -0.2) is 5.78 Å². The van der Waals surface area contributed by atoms with Crippen LogP contribution in [0.2, 0.25) is 0 Å². The zero-order valence-corrected chi connectivity index (χ0v) is 13.1. The van der Waals surface area contributed by atoms with Gasteiger partial charge < -0.3 is 0 Å². The monoisotopic (exact) mass is 266 g/mol. The van der Waals surface area contributed by atoms with Gasteiger partial charge in [-0.15, -0.1) is 0 Å². The number of hydrogen-bond donors (Lipinski definition) is 0. The Labute approximate surface area is 120 Å². The van der Waals surface area contributed by atoms with Crippen LogP contribution in [-0.2, 0) is 4.79 Å². The van der Waals surface area contributed by atoms with Gasteiger partial charge in [0.25, 0.3) is 0 Å². The second-order valence-electron chi connectivity index (χ2n) is 6.38. The Bertz CT molecular complexity index is 222. The lowest BCUT2D eigenvalue weighted by Crippen LogP contribution is -2.15. The van der Waals surface area contributed by atoms with Gasteiger partial charge in [0, 0.05) is 12.3 Å². The van der Waals surface area contributed by atoms with Crippen LogP contribution in [0.25, 0.3) is 0 Å². The van der Waals surface area contributed by atoms with Gasteiger partial charge >= 0.3 is 0 Å². The van der Waals surface area contributed by atoms with Crippen molar-refractivity contribution in [2.45, 2.75) is 103 Å². The van der Waals surface area contributed by atoms with Gasteiger partial charge in [-0.2, -0.15) is 0 Å². The number of hydrogen-bond acceptors (Lipinski definition) is 1. The zero-order valence-electron chi connectivity index (χ0n) is 13.1. The molecule has 1 saturated carbocycles. The molecule has 0 aromatic rings. The van der Waals surface area contributed by atoms with E-state index in [0.717, 1.165) is 12.8 Å². The van der Waals surface area contributed by atoms with Gasteiger partial charge in [0.15, 0.2) is 0 Å². The molecule has 0 N–H and O–H groups in total. The van der Waals surface area contributed by atoms with E-state index in [2.05, 4.69) is 6.92 Å². The normalized spacial score (nSPS) is 22.4. The highest BCUT2D eigenvalue weighted by molar-refractivity contribution is 5.80. The first-order valence-corrected chi connectivity index (χ1v) is 8.87. The van der Waals surface area contributed by atoms with Crippen LogP contribution >= 0.6 is 0 Å². The molecule has 0 radical (unpaired) electrons. The van der Waals surface area contributed by atoms with Crippen LogP contribution in [0.3, 0.4) is 0 Å². The zero-order chi connectivity index (χ0) is 13.8. The summed E-state index contributed by atoms with van der Waals surface area (Å²) in [4.78, 5) is 12.2. The molecule has 112 valence electrons. The van der Waals surface area contributed by atoms with Gasteiger partial charge in [-0.3, -0.25) is 4.79 Å².